The molecule has 5 rings (SSSR count). The summed E-state index contributed by atoms with van der Waals surface area (Å²) in [6.45, 7) is 4.36. The smallest absolute Gasteiger partial charge is 0.227 e. The normalized spacial score (nSPS) is 15.1. The minimum absolute atomic E-state index is 0.257. The summed E-state index contributed by atoms with van der Waals surface area (Å²) in [7, 11) is 1.65. The fraction of sp³-hybridized carbons (Fsp3) is 0.296. The minimum atomic E-state index is 0.257. The Kier molecular flexibility index (Phi) is 6.97. The molecular weight excluding hydrogens is 460 g/mol. The van der Waals surface area contributed by atoms with E-state index >= 15 is 0 Å². The van der Waals surface area contributed by atoms with Gasteiger partial charge in [-0.15, -0.1) is 0 Å². The lowest BCUT2D eigenvalue weighted by Gasteiger charge is -2.29. The topological polar surface area (TPSA) is 76.9 Å². The number of rotatable bonds is 7. The fourth-order valence-electron chi connectivity index (χ4n) is 4.68. The lowest BCUT2D eigenvalue weighted by Crippen LogP contribution is -2.32. The van der Waals surface area contributed by atoms with Crippen LogP contribution in [0.15, 0.2) is 67.0 Å². The van der Waals surface area contributed by atoms with Crippen molar-refractivity contribution in [1.82, 2.24) is 25.1 Å². The van der Waals surface area contributed by atoms with Gasteiger partial charge < -0.3 is 15.4 Å². The number of hydrogen-bond donors (Lipinski definition) is 2. The third-order valence-corrected chi connectivity index (χ3v) is 6.87. The van der Waals surface area contributed by atoms with Gasteiger partial charge in [0.05, 0.1) is 30.7 Å². The van der Waals surface area contributed by atoms with Crippen LogP contribution in [0.4, 0.5) is 11.6 Å². The fourth-order valence-corrected chi connectivity index (χ4v) is 4.81. The third kappa shape index (κ3) is 5.16. The molecule has 8 heteroatoms. The molecule has 2 N–H and O–H groups in total. The van der Waals surface area contributed by atoms with Gasteiger partial charge in [-0.05, 0) is 69.1 Å². The molecule has 1 aliphatic rings. The predicted octanol–water partition coefficient (Wildman–Crippen LogP) is 5.97. The number of benzene rings is 2. The highest BCUT2D eigenvalue weighted by atomic mass is 35.5. The highest BCUT2D eigenvalue weighted by Gasteiger charge is 2.26. The second-order valence-corrected chi connectivity index (χ2v) is 9.25. The molecule has 0 radical (unpaired) electrons. The second kappa shape index (κ2) is 10.5. The van der Waals surface area contributed by atoms with E-state index in [1.54, 1.807) is 13.3 Å². The number of halogens is 1. The Morgan fingerprint density at radius 1 is 1.11 bits per heavy atom. The summed E-state index contributed by atoms with van der Waals surface area (Å²) in [5.74, 6) is 1.84. The molecule has 1 unspecified atom stereocenters. The summed E-state index contributed by atoms with van der Waals surface area (Å²) in [5.41, 5.74) is 4.72. The first-order valence-corrected chi connectivity index (χ1v) is 12.3. The first-order chi connectivity index (χ1) is 17.1. The van der Waals surface area contributed by atoms with Crippen LogP contribution < -0.4 is 15.4 Å². The van der Waals surface area contributed by atoms with Crippen molar-refractivity contribution in [2.75, 3.05) is 25.5 Å². The lowest BCUT2D eigenvalue weighted by atomic mass is 9.91. The molecule has 7 nitrogen and oxygen atoms in total. The molecule has 1 aliphatic heterocycles. The number of aromatic nitrogens is 4. The van der Waals surface area contributed by atoms with Crippen LogP contribution in [0.1, 0.15) is 25.8 Å². The van der Waals surface area contributed by atoms with E-state index in [0.717, 1.165) is 59.9 Å². The standard InChI is InChI=1S/C27H29ClN6O/c1-18(19-10-13-29-14-11-19)34-26(20-6-8-21(28)9-7-20)24(17-31-34)25-12-15-30-27(33-25)32-22-4-3-5-23(16-22)35-2/h3-9,12,15-19,29H,10-11,13-14H2,1-2H3,(H,30,32,33). The Balaban J connectivity index is 1.53. The summed E-state index contributed by atoms with van der Waals surface area (Å²) in [4.78, 5) is 9.26. The monoisotopic (exact) mass is 488 g/mol. The van der Waals surface area contributed by atoms with Crippen LogP contribution in [0.5, 0.6) is 5.75 Å². The Labute approximate surface area is 210 Å². The van der Waals surface area contributed by atoms with Gasteiger partial charge in [-0.1, -0.05) is 29.8 Å². The van der Waals surface area contributed by atoms with E-state index in [1.807, 2.05) is 60.8 Å². The van der Waals surface area contributed by atoms with Crippen LogP contribution in [-0.2, 0) is 0 Å². The van der Waals surface area contributed by atoms with Gasteiger partial charge in [-0.2, -0.15) is 5.10 Å². The van der Waals surface area contributed by atoms with Crippen molar-refractivity contribution >= 4 is 23.2 Å². The molecule has 0 saturated carbocycles. The average Bonchev–Trinajstić information content (AvgIpc) is 3.35. The molecule has 1 fully saturated rings. The lowest BCUT2D eigenvalue weighted by molar-refractivity contribution is 0.262. The van der Waals surface area contributed by atoms with Gasteiger partial charge in [-0.3, -0.25) is 4.68 Å². The molecule has 4 aromatic rings. The second-order valence-electron chi connectivity index (χ2n) is 8.81. The molecule has 0 bridgehead atoms. The minimum Gasteiger partial charge on any atom is -0.497 e. The number of ether oxygens (including phenoxy) is 1. The highest BCUT2D eigenvalue weighted by molar-refractivity contribution is 6.30. The van der Waals surface area contributed by atoms with Crippen LogP contribution in [-0.4, -0.2) is 39.9 Å². The molecule has 35 heavy (non-hydrogen) atoms. The molecule has 3 heterocycles. The summed E-state index contributed by atoms with van der Waals surface area (Å²) < 4.78 is 7.49. The van der Waals surface area contributed by atoms with Gasteiger partial charge in [0.2, 0.25) is 5.95 Å². The van der Waals surface area contributed by atoms with Gasteiger partial charge >= 0.3 is 0 Å². The number of anilines is 2. The molecule has 1 saturated heterocycles. The first-order valence-electron chi connectivity index (χ1n) is 11.9. The molecular formula is C27H29ClN6O. The van der Waals surface area contributed by atoms with Gasteiger partial charge in [0.1, 0.15) is 5.75 Å². The van der Waals surface area contributed by atoms with Crippen LogP contribution in [0.3, 0.4) is 0 Å². The van der Waals surface area contributed by atoms with Crippen LogP contribution in [0.25, 0.3) is 22.5 Å². The molecule has 180 valence electrons. The molecule has 2 aromatic carbocycles. The SMILES string of the molecule is COc1cccc(Nc2nccc(-c3cnn(C(C)C4CCNCC4)c3-c3ccc(Cl)cc3)n2)c1. The molecule has 1 atom stereocenters. The summed E-state index contributed by atoms with van der Waals surface area (Å²) in [5, 5.41) is 12.3. The van der Waals surface area contributed by atoms with Crippen molar-refractivity contribution < 1.29 is 4.74 Å². The molecule has 0 spiro atoms. The van der Waals surface area contributed by atoms with Crippen molar-refractivity contribution in [2.24, 2.45) is 5.92 Å². The molecule has 0 aliphatic carbocycles. The maximum absolute atomic E-state index is 6.21. The molecule has 2 aromatic heterocycles. The van der Waals surface area contributed by atoms with Crippen molar-refractivity contribution in [1.29, 1.82) is 0 Å². The maximum Gasteiger partial charge on any atom is 0.227 e. The van der Waals surface area contributed by atoms with Crippen molar-refractivity contribution in [3.8, 4) is 28.3 Å². The Hall–Kier alpha value is -3.42. The van der Waals surface area contributed by atoms with Crippen molar-refractivity contribution in [3.05, 3.63) is 72.0 Å². The van der Waals surface area contributed by atoms with Crippen LogP contribution in [0, 0.1) is 5.92 Å². The summed E-state index contributed by atoms with van der Waals surface area (Å²) >= 11 is 6.21. The van der Waals surface area contributed by atoms with Gasteiger partial charge in [-0.25, -0.2) is 9.97 Å². The Morgan fingerprint density at radius 2 is 1.91 bits per heavy atom. The van der Waals surface area contributed by atoms with E-state index in [9.17, 15) is 0 Å². The van der Waals surface area contributed by atoms with E-state index in [4.69, 9.17) is 26.4 Å². The number of nitrogens with zero attached hydrogens (tertiary/aromatic N) is 4. The van der Waals surface area contributed by atoms with Gasteiger partial charge in [0.25, 0.3) is 0 Å². The van der Waals surface area contributed by atoms with E-state index in [0.29, 0.717) is 16.9 Å². The zero-order chi connectivity index (χ0) is 24.2. The third-order valence-electron chi connectivity index (χ3n) is 6.62. The summed E-state index contributed by atoms with van der Waals surface area (Å²) in [6.07, 6.45) is 5.96. The predicted molar refractivity (Wildman–Crippen MR) is 140 cm³/mol. The van der Waals surface area contributed by atoms with Gasteiger partial charge in [0.15, 0.2) is 0 Å². The average molecular weight is 489 g/mol. The first kappa shape index (κ1) is 23.3. The van der Waals surface area contributed by atoms with Gasteiger partial charge in [0, 0.05) is 34.1 Å². The van der Waals surface area contributed by atoms with E-state index < -0.39 is 0 Å². The number of nitrogens with one attached hydrogen (secondary N) is 2. The summed E-state index contributed by atoms with van der Waals surface area (Å²) in [6, 6.07) is 17.8. The highest BCUT2D eigenvalue weighted by Crippen LogP contribution is 2.37. The maximum atomic E-state index is 6.21. The van der Waals surface area contributed by atoms with Crippen LogP contribution in [0.2, 0.25) is 5.02 Å². The zero-order valence-electron chi connectivity index (χ0n) is 19.9. The Bertz CT molecular complexity index is 1280. The number of piperidine rings is 1. The number of methoxy groups -OCH3 is 1. The largest absolute Gasteiger partial charge is 0.497 e. The van der Waals surface area contributed by atoms with E-state index in [2.05, 4.69) is 27.2 Å². The Morgan fingerprint density at radius 3 is 2.69 bits per heavy atom. The molecule has 0 amide bonds. The zero-order valence-corrected chi connectivity index (χ0v) is 20.7. The van der Waals surface area contributed by atoms with Crippen LogP contribution >= 0.6 is 11.6 Å². The quantitative estimate of drug-likeness (QED) is 0.333. The van der Waals surface area contributed by atoms with Crippen molar-refractivity contribution in [2.45, 2.75) is 25.8 Å². The number of hydrogen-bond acceptors (Lipinski definition) is 6. The van der Waals surface area contributed by atoms with Crippen molar-refractivity contribution in [3.63, 3.8) is 0 Å². The van der Waals surface area contributed by atoms with E-state index in [-0.39, 0.29) is 6.04 Å². The van der Waals surface area contributed by atoms with E-state index in [1.165, 1.54) is 0 Å².